The summed E-state index contributed by atoms with van der Waals surface area (Å²) < 4.78 is 6.09. The summed E-state index contributed by atoms with van der Waals surface area (Å²) >= 11 is 0.180. The number of rotatable bonds is 5. The van der Waals surface area contributed by atoms with Gasteiger partial charge in [-0.1, -0.05) is 0 Å². The summed E-state index contributed by atoms with van der Waals surface area (Å²) in [7, 11) is 0. The third kappa shape index (κ3) is 4.26. The SMILES string of the molecule is C=CCOC(=O)C[Se]c1ccccc1. The van der Waals surface area contributed by atoms with Crippen molar-refractivity contribution in [3.63, 3.8) is 0 Å². The third-order valence-corrected chi connectivity index (χ3v) is 3.53. The van der Waals surface area contributed by atoms with Crippen molar-refractivity contribution in [1.82, 2.24) is 0 Å². The van der Waals surface area contributed by atoms with Gasteiger partial charge in [0, 0.05) is 0 Å². The Kier molecular flexibility index (Phi) is 5.05. The number of hydrogen-bond donors (Lipinski definition) is 0. The number of hydrogen-bond acceptors (Lipinski definition) is 2. The minimum absolute atomic E-state index is 0.145. The zero-order chi connectivity index (χ0) is 10.2. The van der Waals surface area contributed by atoms with E-state index < -0.39 is 0 Å². The second-order valence-corrected chi connectivity index (χ2v) is 4.77. The fraction of sp³-hybridized carbons (Fsp3) is 0.182. The molecule has 1 aromatic carbocycles. The summed E-state index contributed by atoms with van der Waals surface area (Å²) in [6, 6.07) is 9.98. The molecule has 0 aliphatic rings. The van der Waals surface area contributed by atoms with Crippen LogP contribution in [0.5, 0.6) is 0 Å². The monoisotopic (exact) mass is 256 g/mol. The topological polar surface area (TPSA) is 26.3 Å². The standard InChI is InChI=1S/C11H12O2Se/c1-2-8-13-11(12)9-14-10-6-4-3-5-7-10/h2-7H,1,8-9H2. The first kappa shape index (κ1) is 11.0. The van der Waals surface area contributed by atoms with Gasteiger partial charge in [0.25, 0.3) is 0 Å². The predicted molar refractivity (Wildman–Crippen MR) is 57.8 cm³/mol. The molecule has 0 aliphatic heterocycles. The molecule has 1 rings (SSSR count). The molecule has 0 unspecified atom stereocenters. The average molecular weight is 255 g/mol. The molecule has 0 N–H and O–H groups in total. The van der Waals surface area contributed by atoms with E-state index in [0.29, 0.717) is 11.9 Å². The number of ether oxygens (including phenoxy) is 1. The minimum atomic E-state index is -0.145. The zero-order valence-corrected chi connectivity index (χ0v) is 9.52. The van der Waals surface area contributed by atoms with Crippen molar-refractivity contribution >= 4 is 25.4 Å². The molecule has 74 valence electrons. The summed E-state index contributed by atoms with van der Waals surface area (Å²) in [5.74, 6) is -0.145. The van der Waals surface area contributed by atoms with Gasteiger partial charge in [-0.15, -0.1) is 0 Å². The normalized spacial score (nSPS) is 9.43. The van der Waals surface area contributed by atoms with Crippen molar-refractivity contribution in [2.24, 2.45) is 0 Å². The second kappa shape index (κ2) is 6.41. The number of carbonyl (C=O) groups is 1. The van der Waals surface area contributed by atoms with Gasteiger partial charge >= 0.3 is 89.8 Å². The first-order chi connectivity index (χ1) is 6.83. The molecule has 1 aromatic rings. The van der Waals surface area contributed by atoms with Crippen LogP contribution in [0, 0.1) is 0 Å². The van der Waals surface area contributed by atoms with Gasteiger partial charge in [0.2, 0.25) is 0 Å². The van der Waals surface area contributed by atoms with E-state index in [1.54, 1.807) is 6.08 Å². The first-order valence-corrected chi connectivity index (χ1v) is 6.34. The van der Waals surface area contributed by atoms with Gasteiger partial charge in [0.15, 0.2) is 0 Å². The van der Waals surface area contributed by atoms with Crippen LogP contribution in [0.25, 0.3) is 0 Å². The maximum absolute atomic E-state index is 11.1. The Balaban J connectivity index is 2.27. The molecular formula is C11H12O2Se. The van der Waals surface area contributed by atoms with Crippen LogP contribution >= 0.6 is 0 Å². The van der Waals surface area contributed by atoms with Crippen LogP contribution in [0.1, 0.15) is 0 Å². The van der Waals surface area contributed by atoms with E-state index in [1.807, 2.05) is 30.3 Å². The summed E-state index contributed by atoms with van der Waals surface area (Å²) in [5, 5.41) is 0.491. The van der Waals surface area contributed by atoms with Crippen molar-refractivity contribution in [1.29, 1.82) is 0 Å². The molecule has 0 heterocycles. The van der Waals surface area contributed by atoms with E-state index >= 15 is 0 Å². The van der Waals surface area contributed by atoms with Gasteiger partial charge in [-0.2, -0.15) is 0 Å². The van der Waals surface area contributed by atoms with Gasteiger partial charge < -0.3 is 0 Å². The van der Waals surface area contributed by atoms with Crippen molar-refractivity contribution in [2.45, 2.75) is 5.32 Å². The first-order valence-electron chi connectivity index (χ1n) is 4.27. The molecule has 0 aromatic heterocycles. The van der Waals surface area contributed by atoms with E-state index in [4.69, 9.17) is 4.74 Å². The summed E-state index contributed by atoms with van der Waals surface area (Å²) in [4.78, 5) is 11.1. The number of esters is 1. The van der Waals surface area contributed by atoms with Gasteiger partial charge in [0.1, 0.15) is 0 Å². The fourth-order valence-electron chi connectivity index (χ4n) is 0.853. The molecule has 0 bridgehead atoms. The summed E-state index contributed by atoms with van der Waals surface area (Å²) in [6.07, 6.45) is 1.58. The Bertz CT molecular complexity index is 295. The number of carbonyl (C=O) groups excluding carboxylic acids is 1. The molecule has 2 nitrogen and oxygen atoms in total. The average Bonchev–Trinajstić information content (AvgIpc) is 2.25. The zero-order valence-electron chi connectivity index (χ0n) is 7.81. The van der Waals surface area contributed by atoms with Gasteiger partial charge in [0.05, 0.1) is 0 Å². The molecule has 3 heteroatoms. The Morgan fingerprint density at radius 3 is 2.79 bits per heavy atom. The second-order valence-electron chi connectivity index (χ2n) is 2.57. The molecule has 0 atom stereocenters. The van der Waals surface area contributed by atoms with Crippen molar-refractivity contribution in [3.05, 3.63) is 43.0 Å². The van der Waals surface area contributed by atoms with E-state index in [-0.39, 0.29) is 20.9 Å². The van der Waals surface area contributed by atoms with Crippen LogP contribution in [0.2, 0.25) is 5.32 Å². The third-order valence-electron chi connectivity index (χ3n) is 1.46. The van der Waals surface area contributed by atoms with E-state index in [2.05, 4.69) is 6.58 Å². The molecule has 14 heavy (non-hydrogen) atoms. The van der Waals surface area contributed by atoms with E-state index in [9.17, 15) is 4.79 Å². The van der Waals surface area contributed by atoms with Gasteiger partial charge in [-0.05, 0) is 0 Å². The van der Waals surface area contributed by atoms with Crippen LogP contribution < -0.4 is 4.46 Å². The molecule has 0 fully saturated rings. The molecule has 0 saturated carbocycles. The van der Waals surface area contributed by atoms with Crippen molar-refractivity contribution in [2.75, 3.05) is 6.61 Å². The van der Waals surface area contributed by atoms with Crippen LogP contribution in [0.3, 0.4) is 0 Å². The molecular weight excluding hydrogens is 243 g/mol. The van der Waals surface area contributed by atoms with Crippen molar-refractivity contribution in [3.8, 4) is 0 Å². The van der Waals surface area contributed by atoms with Crippen LogP contribution in [0.15, 0.2) is 43.0 Å². The Morgan fingerprint density at radius 2 is 2.14 bits per heavy atom. The summed E-state index contributed by atoms with van der Waals surface area (Å²) in [6.45, 7) is 3.79. The van der Waals surface area contributed by atoms with Crippen molar-refractivity contribution < 1.29 is 9.53 Å². The summed E-state index contributed by atoms with van der Waals surface area (Å²) in [5.41, 5.74) is 0. The Hall–Kier alpha value is -1.05. The van der Waals surface area contributed by atoms with Crippen LogP contribution in [0.4, 0.5) is 0 Å². The maximum atomic E-state index is 11.1. The Morgan fingerprint density at radius 1 is 1.43 bits per heavy atom. The van der Waals surface area contributed by atoms with Gasteiger partial charge in [-0.25, -0.2) is 0 Å². The van der Waals surface area contributed by atoms with Crippen LogP contribution in [-0.2, 0) is 9.53 Å². The molecule has 0 spiro atoms. The quantitative estimate of drug-likeness (QED) is 0.448. The number of benzene rings is 1. The Labute approximate surface area is 90.1 Å². The molecule has 0 aliphatic carbocycles. The van der Waals surface area contributed by atoms with Crippen LogP contribution in [-0.4, -0.2) is 27.5 Å². The molecule has 0 radical (unpaired) electrons. The molecule has 0 amide bonds. The van der Waals surface area contributed by atoms with E-state index in [1.165, 1.54) is 4.46 Å². The fourth-order valence-corrected chi connectivity index (χ4v) is 2.36. The predicted octanol–water partition coefficient (Wildman–Crippen LogP) is 1.16. The molecule has 0 saturated heterocycles. The van der Waals surface area contributed by atoms with E-state index in [0.717, 1.165) is 0 Å². The van der Waals surface area contributed by atoms with Gasteiger partial charge in [-0.3, -0.25) is 0 Å².